The Morgan fingerprint density at radius 2 is 1.71 bits per heavy atom. The van der Waals surface area contributed by atoms with Gasteiger partial charge in [-0.1, -0.05) is 24.3 Å². The number of aromatic hydroxyl groups is 1. The number of carbonyl (C=O) groups is 1. The van der Waals surface area contributed by atoms with E-state index in [1.165, 1.54) is 10.8 Å². The molecule has 7 nitrogen and oxygen atoms in total. The molecule has 0 saturated heterocycles. The summed E-state index contributed by atoms with van der Waals surface area (Å²) in [6.07, 6.45) is 1.33. The molecule has 0 fully saturated rings. The molecule has 7 heteroatoms. The predicted molar refractivity (Wildman–Crippen MR) is 103 cm³/mol. The number of aromatic nitrogens is 2. The maximum absolute atomic E-state index is 12.6. The zero-order valence-electron chi connectivity index (χ0n) is 15.3. The van der Waals surface area contributed by atoms with Gasteiger partial charge in [-0.25, -0.2) is 4.79 Å². The third-order valence-electron chi connectivity index (χ3n) is 4.30. The molecule has 0 spiro atoms. The Morgan fingerprint density at radius 1 is 1.11 bits per heavy atom. The molecule has 1 aromatic heterocycles. The molecule has 0 radical (unpaired) electrons. The van der Waals surface area contributed by atoms with E-state index in [-0.39, 0.29) is 25.5 Å². The lowest BCUT2D eigenvalue weighted by Crippen LogP contribution is -2.24. The summed E-state index contributed by atoms with van der Waals surface area (Å²) in [4.78, 5) is 24.1. The van der Waals surface area contributed by atoms with E-state index >= 15 is 0 Å². The van der Waals surface area contributed by atoms with Crippen LogP contribution < -0.4 is 5.69 Å². The van der Waals surface area contributed by atoms with Crippen LogP contribution in [-0.2, 0) is 16.1 Å². The Hall–Kier alpha value is -3.79. The van der Waals surface area contributed by atoms with Crippen LogP contribution in [0.3, 0.4) is 0 Å². The van der Waals surface area contributed by atoms with E-state index in [1.807, 2.05) is 24.3 Å². The number of rotatable bonds is 6. The summed E-state index contributed by atoms with van der Waals surface area (Å²) in [6.45, 7) is 2.02. The van der Waals surface area contributed by atoms with Gasteiger partial charge in [0.15, 0.2) is 0 Å². The molecule has 0 saturated carbocycles. The van der Waals surface area contributed by atoms with E-state index in [0.29, 0.717) is 11.3 Å². The van der Waals surface area contributed by atoms with Crippen molar-refractivity contribution in [1.29, 1.82) is 5.26 Å². The summed E-state index contributed by atoms with van der Waals surface area (Å²) in [5.74, 6) is -0.640. The lowest BCUT2D eigenvalue weighted by molar-refractivity contribution is -0.143. The van der Waals surface area contributed by atoms with Gasteiger partial charge in [0.2, 0.25) is 5.88 Å². The molecule has 0 aliphatic carbocycles. The minimum absolute atomic E-state index is 0.00293. The van der Waals surface area contributed by atoms with Gasteiger partial charge in [-0.2, -0.15) is 5.26 Å². The number of carbonyl (C=O) groups excluding carboxylic acids is 1. The van der Waals surface area contributed by atoms with Crippen molar-refractivity contribution in [1.82, 2.24) is 9.13 Å². The van der Waals surface area contributed by atoms with Gasteiger partial charge in [0.1, 0.15) is 0 Å². The van der Waals surface area contributed by atoms with Gasteiger partial charge in [0, 0.05) is 6.54 Å². The normalized spacial score (nSPS) is 10.4. The van der Waals surface area contributed by atoms with Gasteiger partial charge in [-0.3, -0.25) is 13.9 Å². The Labute approximate surface area is 161 Å². The number of esters is 1. The smallest absolute Gasteiger partial charge is 0.335 e. The molecule has 0 aliphatic rings. The molecule has 28 heavy (non-hydrogen) atoms. The fraction of sp³-hybridized carbons (Fsp3) is 0.190. The fourth-order valence-electron chi connectivity index (χ4n) is 2.85. The lowest BCUT2D eigenvalue weighted by atomic mass is 10.0. The van der Waals surface area contributed by atoms with E-state index in [4.69, 9.17) is 10.00 Å². The third kappa shape index (κ3) is 3.96. The van der Waals surface area contributed by atoms with Crippen molar-refractivity contribution in [3.8, 4) is 28.8 Å². The average molecular weight is 377 g/mol. The first-order valence-electron chi connectivity index (χ1n) is 8.81. The standard InChI is InChI=1S/C21H19N3O4/c1-2-28-20(26)11-12-23-19(25)14-24(21(23)27)18-9-7-17(8-10-18)16-5-3-15(13-22)4-6-16/h3-10,14,25H,2,11-12H2,1H3. The molecule has 2 aromatic carbocycles. The van der Waals surface area contributed by atoms with Crippen LogP contribution >= 0.6 is 0 Å². The van der Waals surface area contributed by atoms with Crippen molar-refractivity contribution in [2.24, 2.45) is 0 Å². The third-order valence-corrected chi connectivity index (χ3v) is 4.30. The van der Waals surface area contributed by atoms with Crippen molar-refractivity contribution in [2.75, 3.05) is 6.61 Å². The first-order valence-corrected chi connectivity index (χ1v) is 8.81. The largest absolute Gasteiger partial charge is 0.493 e. The molecule has 0 amide bonds. The number of hydrogen-bond donors (Lipinski definition) is 1. The SMILES string of the molecule is CCOC(=O)CCn1c(O)cn(-c2ccc(-c3ccc(C#N)cc3)cc2)c1=O. The molecule has 3 rings (SSSR count). The molecule has 0 aliphatic heterocycles. The number of imidazole rings is 1. The highest BCUT2D eigenvalue weighted by molar-refractivity contribution is 5.69. The minimum atomic E-state index is -0.437. The predicted octanol–water partition coefficient (Wildman–Crippen LogP) is 2.84. The van der Waals surface area contributed by atoms with Gasteiger partial charge in [-0.15, -0.1) is 0 Å². The molecule has 142 valence electrons. The molecule has 0 atom stereocenters. The van der Waals surface area contributed by atoms with Crippen LogP contribution in [0.15, 0.2) is 59.5 Å². The van der Waals surface area contributed by atoms with Crippen LogP contribution in [0.5, 0.6) is 5.88 Å². The van der Waals surface area contributed by atoms with Gasteiger partial charge in [-0.05, 0) is 42.3 Å². The molecule has 0 unspecified atom stereocenters. The maximum atomic E-state index is 12.6. The molecule has 3 aromatic rings. The van der Waals surface area contributed by atoms with Crippen LogP contribution in [0, 0.1) is 11.3 Å². The summed E-state index contributed by atoms with van der Waals surface area (Å²) in [6, 6.07) is 16.5. The molecule has 1 heterocycles. The van der Waals surface area contributed by atoms with E-state index in [0.717, 1.165) is 15.7 Å². The monoisotopic (exact) mass is 377 g/mol. The van der Waals surface area contributed by atoms with Crippen LogP contribution in [0.25, 0.3) is 16.8 Å². The summed E-state index contributed by atoms with van der Waals surface area (Å²) in [5.41, 5.74) is 2.63. The summed E-state index contributed by atoms with van der Waals surface area (Å²) >= 11 is 0. The topological polar surface area (TPSA) is 97.2 Å². The summed E-state index contributed by atoms with van der Waals surface area (Å²) in [7, 11) is 0. The number of nitrogens with zero attached hydrogens (tertiary/aromatic N) is 3. The highest BCUT2D eigenvalue weighted by atomic mass is 16.5. The highest BCUT2D eigenvalue weighted by Crippen LogP contribution is 2.22. The zero-order chi connectivity index (χ0) is 20.1. The number of ether oxygens (including phenoxy) is 1. The van der Waals surface area contributed by atoms with Gasteiger partial charge in [0.05, 0.1) is 36.5 Å². The van der Waals surface area contributed by atoms with Crippen LogP contribution in [0.4, 0.5) is 0 Å². The van der Waals surface area contributed by atoms with Crippen molar-refractivity contribution >= 4 is 5.97 Å². The first-order chi connectivity index (χ1) is 13.5. The number of nitriles is 1. The molecular weight excluding hydrogens is 358 g/mol. The van der Waals surface area contributed by atoms with Crippen molar-refractivity contribution in [2.45, 2.75) is 19.9 Å². The van der Waals surface area contributed by atoms with Crippen molar-refractivity contribution in [3.05, 3.63) is 70.8 Å². The Kier molecular flexibility index (Phi) is 5.61. The van der Waals surface area contributed by atoms with Gasteiger partial charge in [0.25, 0.3) is 0 Å². The summed E-state index contributed by atoms with van der Waals surface area (Å²) < 4.78 is 7.30. The number of hydrogen-bond acceptors (Lipinski definition) is 5. The van der Waals surface area contributed by atoms with Crippen LogP contribution in [-0.4, -0.2) is 26.8 Å². The quantitative estimate of drug-likeness (QED) is 0.666. The Bertz CT molecular complexity index is 1070. The Balaban J connectivity index is 1.82. The second kappa shape index (κ2) is 8.27. The van der Waals surface area contributed by atoms with E-state index in [1.54, 1.807) is 31.2 Å². The van der Waals surface area contributed by atoms with E-state index < -0.39 is 11.7 Å². The molecule has 1 N–H and O–H groups in total. The summed E-state index contributed by atoms with van der Waals surface area (Å²) in [5, 5.41) is 18.9. The van der Waals surface area contributed by atoms with Crippen LogP contribution in [0.2, 0.25) is 0 Å². The maximum Gasteiger partial charge on any atom is 0.335 e. The van der Waals surface area contributed by atoms with Crippen molar-refractivity contribution in [3.63, 3.8) is 0 Å². The average Bonchev–Trinajstić information content (AvgIpc) is 3.00. The van der Waals surface area contributed by atoms with Gasteiger partial charge < -0.3 is 9.84 Å². The van der Waals surface area contributed by atoms with E-state index in [9.17, 15) is 14.7 Å². The second-order valence-electron chi connectivity index (χ2n) is 6.08. The lowest BCUT2D eigenvalue weighted by Gasteiger charge is -2.05. The Morgan fingerprint density at radius 3 is 2.29 bits per heavy atom. The van der Waals surface area contributed by atoms with Crippen LogP contribution in [0.1, 0.15) is 18.9 Å². The van der Waals surface area contributed by atoms with E-state index in [2.05, 4.69) is 6.07 Å². The second-order valence-corrected chi connectivity index (χ2v) is 6.08. The van der Waals surface area contributed by atoms with Crippen molar-refractivity contribution < 1.29 is 14.6 Å². The number of benzene rings is 2. The minimum Gasteiger partial charge on any atom is -0.493 e. The first kappa shape index (κ1) is 19.0. The zero-order valence-corrected chi connectivity index (χ0v) is 15.3. The highest BCUT2D eigenvalue weighted by Gasteiger charge is 2.13. The molecule has 0 bridgehead atoms. The fourth-order valence-corrected chi connectivity index (χ4v) is 2.85. The van der Waals surface area contributed by atoms with Gasteiger partial charge >= 0.3 is 11.7 Å². The molecular formula is C21H19N3O4.